The highest BCUT2D eigenvalue weighted by Crippen LogP contribution is 2.22. The Hall–Kier alpha value is -2.89. The van der Waals surface area contributed by atoms with Crippen LogP contribution in [0.3, 0.4) is 0 Å². The molecule has 0 atom stereocenters. The van der Waals surface area contributed by atoms with E-state index in [4.69, 9.17) is 0 Å². The number of pyridine rings is 1. The highest BCUT2D eigenvalue weighted by molar-refractivity contribution is 6.05. The van der Waals surface area contributed by atoms with Gasteiger partial charge in [-0.3, -0.25) is 0 Å². The van der Waals surface area contributed by atoms with Gasteiger partial charge in [0.1, 0.15) is 11.5 Å². The number of carbonyl (C=O) groups is 1. The second-order valence-electron chi connectivity index (χ2n) is 5.64. The Bertz CT molecular complexity index is 859. The Morgan fingerprint density at radius 2 is 2.17 bits per heavy atom. The highest BCUT2D eigenvalue weighted by Gasteiger charge is 2.09. The van der Waals surface area contributed by atoms with E-state index in [9.17, 15) is 9.18 Å². The lowest BCUT2D eigenvalue weighted by Gasteiger charge is -2.08. The summed E-state index contributed by atoms with van der Waals surface area (Å²) in [6.07, 6.45) is 5.95. The van der Waals surface area contributed by atoms with E-state index in [1.54, 1.807) is 6.20 Å². The van der Waals surface area contributed by atoms with Crippen LogP contribution in [0.4, 0.5) is 20.6 Å². The van der Waals surface area contributed by atoms with Gasteiger partial charge in [0.05, 0.1) is 11.9 Å². The maximum Gasteiger partial charge on any atom is 0.323 e. The van der Waals surface area contributed by atoms with Gasteiger partial charge in [-0.05, 0) is 36.6 Å². The number of carbonyl (C=O) groups excluding carboxylic acids is 1. The van der Waals surface area contributed by atoms with Crippen molar-refractivity contribution in [1.82, 2.24) is 9.97 Å². The summed E-state index contributed by atoms with van der Waals surface area (Å²) in [5, 5.41) is 6.04. The van der Waals surface area contributed by atoms with E-state index in [2.05, 4.69) is 27.5 Å². The zero-order valence-corrected chi connectivity index (χ0v) is 13.4. The lowest BCUT2D eigenvalue weighted by Crippen LogP contribution is -2.19. The van der Waals surface area contributed by atoms with Gasteiger partial charge in [0.25, 0.3) is 0 Å². The number of unbranched alkanes of at least 4 members (excludes halogenated alkanes) is 1. The van der Waals surface area contributed by atoms with Crippen molar-refractivity contribution in [2.45, 2.75) is 26.2 Å². The molecule has 0 aliphatic rings. The van der Waals surface area contributed by atoms with Crippen molar-refractivity contribution < 1.29 is 9.18 Å². The number of aromatic nitrogens is 2. The fourth-order valence-electron chi connectivity index (χ4n) is 2.55. The van der Waals surface area contributed by atoms with Crippen LogP contribution in [0.2, 0.25) is 0 Å². The minimum absolute atomic E-state index is 0.382. The molecule has 1 aromatic carbocycles. The van der Waals surface area contributed by atoms with Crippen LogP contribution >= 0.6 is 0 Å². The molecule has 3 N–H and O–H groups in total. The zero-order chi connectivity index (χ0) is 16.9. The van der Waals surface area contributed by atoms with Crippen molar-refractivity contribution in [3.8, 4) is 0 Å². The van der Waals surface area contributed by atoms with E-state index in [-0.39, 0.29) is 6.03 Å². The van der Waals surface area contributed by atoms with E-state index in [1.807, 2.05) is 24.3 Å². The van der Waals surface area contributed by atoms with Gasteiger partial charge in [0, 0.05) is 17.3 Å². The SMILES string of the molecule is CCCCc1cccc(NC(=O)Nc2c[nH]c3ncc(F)cc23)c1. The highest BCUT2D eigenvalue weighted by atomic mass is 19.1. The molecule has 3 rings (SSSR count). The molecule has 5 nitrogen and oxygen atoms in total. The average Bonchev–Trinajstić information content (AvgIpc) is 2.95. The quantitative estimate of drug-likeness (QED) is 0.636. The van der Waals surface area contributed by atoms with Crippen LogP contribution in [0.25, 0.3) is 11.0 Å². The third-order valence-electron chi connectivity index (χ3n) is 3.75. The van der Waals surface area contributed by atoms with E-state index in [0.29, 0.717) is 16.7 Å². The molecule has 2 amide bonds. The fraction of sp³-hybridized carbons (Fsp3) is 0.222. The first kappa shape index (κ1) is 16.0. The molecule has 0 saturated heterocycles. The topological polar surface area (TPSA) is 69.8 Å². The predicted molar refractivity (Wildman–Crippen MR) is 93.7 cm³/mol. The number of hydrogen-bond acceptors (Lipinski definition) is 2. The molecule has 3 aromatic rings. The van der Waals surface area contributed by atoms with Crippen molar-refractivity contribution in [3.05, 3.63) is 54.1 Å². The minimum Gasteiger partial charge on any atom is -0.344 e. The molecule has 24 heavy (non-hydrogen) atoms. The summed E-state index contributed by atoms with van der Waals surface area (Å²) in [7, 11) is 0. The van der Waals surface area contributed by atoms with E-state index >= 15 is 0 Å². The first-order valence-electron chi connectivity index (χ1n) is 7.95. The van der Waals surface area contributed by atoms with Crippen LogP contribution in [0, 0.1) is 5.82 Å². The van der Waals surface area contributed by atoms with Crippen molar-refractivity contribution in [2.24, 2.45) is 0 Å². The van der Waals surface area contributed by atoms with Gasteiger partial charge in [0.15, 0.2) is 0 Å². The molecule has 124 valence electrons. The number of urea groups is 1. The first-order chi connectivity index (χ1) is 11.7. The molecule has 0 aliphatic heterocycles. The van der Waals surface area contributed by atoms with Gasteiger partial charge >= 0.3 is 6.03 Å². The number of hydrogen-bond donors (Lipinski definition) is 3. The number of H-pyrrole nitrogens is 1. The smallest absolute Gasteiger partial charge is 0.323 e. The summed E-state index contributed by atoms with van der Waals surface area (Å²) >= 11 is 0. The van der Waals surface area contributed by atoms with Gasteiger partial charge in [-0.2, -0.15) is 0 Å². The number of amides is 2. The number of rotatable bonds is 5. The van der Waals surface area contributed by atoms with Crippen molar-refractivity contribution in [1.29, 1.82) is 0 Å². The number of aromatic amines is 1. The molecule has 0 spiro atoms. The van der Waals surface area contributed by atoms with Crippen LogP contribution in [0.5, 0.6) is 0 Å². The molecule has 0 aliphatic carbocycles. The third kappa shape index (κ3) is 3.71. The summed E-state index contributed by atoms with van der Waals surface area (Å²) in [5.41, 5.74) is 2.92. The number of halogens is 1. The Balaban J connectivity index is 1.70. The second kappa shape index (κ2) is 7.12. The molecule has 0 fully saturated rings. The lowest BCUT2D eigenvalue weighted by atomic mass is 10.1. The molecule has 0 unspecified atom stereocenters. The summed E-state index contributed by atoms with van der Waals surface area (Å²) in [6, 6.07) is 8.72. The number of aryl methyl sites for hydroxylation is 1. The number of fused-ring (bicyclic) bond motifs is 1. The van der Waals surface area contributed by atoms with Crippen molar-refractivity contribution >= 4 is 28.4 Å². The summed E-state index contributed by atoms with van der Waals surface area (Å²) in [4.78, 5) is 19.0. The molecular formula is C18H19FN4O. The van der Waals surface area contributed by atoms with Gasteiger partial charge in [-0.1, -0.05) is 25.5 Å². The number of anilines is 2. The lowest BCUT2D eigenvalue weighted by molar-refractivity contribution is 0.262. The minimum atomic E-state index is -0.450. The van der Waals surface area contributed by atoms with Crippen LogP contribution in [0.15, 0.2) is 42.7 Å². The summed E-state index contributed by atoms with van der Waals surface area (Å²) in [5.74, 6) is -0.450. The maximum absolute atomic E-state index is 13.3. The van der Waals surface area contributed by atoms with Gasteiger partial charge in [0.2, 0.25) is 0 Å². The standard InChI is InChI=1S/C18H19FN4O/c1-2-3-5-12-6-4-7-14(8-12)22-18(24)23-16-11-21-17-15(16)9-13(19)10-20-17/h4,6-11H,2-3,5H2,1H3,(H,20,21)(H2,22,23,24). The van der Waals surface area contributed by atoms with Gasteiger partial charge in [-0.25, -0.2) is 14.2 Å². The van der Waals surface area contributed by atoms with E-state index in [0.717, 1.165) is 31.1 Å². The van der Waals surface area contributed by atoms with Crippen molar-refractivity contribution in [2.75, 3.05) is 10.6 Å². The molecular weight excluding hydrogens is 307 g/mol. The second-order valence-corrected chi connectivity index (χ2v) is 5.64. The molecule has 2 heterocycles. The Morgan fingerprint density at radius 3 is 3.00 bits per heavy atom. The Labute approximate surface area is 139 Å². The average molecular weight is 326 g/mol. The van der Waals surface area contributed by atoms with Crippen LogP contribution in [-0.2, 0) is 6.42 Å². The van der Waals surface area contributed by atoms with Gasteiger partial charge < -0.3 is 15.6 Å². The molecule has 6 heteroatoms. The number of nitrogens with one attached hydrogen (secondary N) is 3. The largest absolute Gasteiger partial charge is 0.344 e. The fourth-order valence-corrected chi connectivity index (χ4v) is 2.55. The zero-order valence-electron chi connectivity index (χ0n) is 13.4. The number of benzene rings is 1. The maximum atomic E-state index is 13.3. The Morgan fingerprint density at radius 1 is 1.29 bits per heavy atom. The van der Waals surface area contributed by atoms with Crippen LogP contribution < -0.4 is 10.6 Å². The predicted octanol–water partition coefficient (Wildman–Crippen LogP) is 4.69. The normalized spacial score (nSPS) is 10.8. The first-order valence-corrected chi connectivity index (χ1v) is 7.95. The summed E-state index contributed by atoms with van der Waals surface area (Å²) < 4.78 is 13.3. The van der Waals surface area contributed by atoms with E-state index < -0.39 is 5.82 Å². The number of nitrogens with zero attached hydrogens (tertiary/aromatic N) is 1. The summed E-state index contributed by atoms with van der Waals surface area (Å²) in [6.45, 7) is 2.15. The third-order valence-corrected chi connectivity index (χ3v) is 3.75. The molecule has 2 aromatic heterocycles. The van der Waals surface area contributed by atoms with Crippen LogP contribution in [-0.4, -0.2) is 16.0 Å². The molecule has 0 radical (unpaired) electrons. The monoisotopic (exact) mass is 326 g/mol. The van der Waals surface area contributed by atoms with Crippen LogP contribution in [0.1, 0.15) is 25.3 Å². The Kier molecular flexibility index (Phi) is 4.74. The van der Waals surface area contributed by atoms with E-state index in [1.165, 1.54) is 11.6 Å². The van der Waals surface area contributed by atoms with Crippen molar-refractivity contribution in [3.63, 3.8) is 0 Å². The molecule has 0 saturated carbocycles. The molecule has 0 bridgehead atoms. The van der Waals surface area contributed by atoms with Gasteiger partial charge in [-0.15, -0.1) is 0 Å².